The Morgan fingerprint density at radius 2 is 2.17 bits per heavy atom. The predicted molar refractivity (Wildman–Crippen MR) is 66.3 cm³/mol. The fraction of sp³-hybridized carbons (Fsp3) is 0.538. The number of aromatic carboxylic acids is 1. The van der Waals surface area contributed by atoms with Crippen LogP contribution in [0.15, 0.2) is 18.3 Å². The van der Waals surface area contributed by atoms with Crippen LogP contribution in [0.4, 0.5) is 0 Å². The number of nitrogens with zero attached hydrogens (tertiary/aromatic N) is 1. The summed E-state index contributed by atoms with van der Waals surface area (Å²) in [6.07, 6.45) is 5.64. The van der Waals surface area contributed by atoms with Gasteiger partial charge in [-0.05, 0) is 25.0 Å². The van der Waals surface area contributed by atoms with E-state index in [4.69, 9.17) is 5.11 Å². The highest BCUT2D eigenvalue weighted by atomic mass is 16.4. The van der Waals surface area contributed by atoms with Gasteiger partial charge in [0.25, 0.3) is 0 Å². The van der Waals surface area contributed by atoms with Crippen LogP contribution in [-0.4, -0.2) is 33.3 Å². The van der Waals surface area contributed by atoms with E-state index in [0.717, 1.165) is 25.7 Å². The molecule has 0 radical (unpaired) electrons. The van der Waals surface area contributed by atoms with Crippen LogP contribution in [0.2, 0.25) is 0 Å². The molecule has 1 aromatic heterocycles. The van der Waals surface area contributed by atoms with Crippen LogP contribution in [0.1, 0.15) is 41.7 Å². The molecule has 0 aromatic carbocycles. The molecular weight excluding hydrogens is 232 g/mol. The van der Waals surface area contributed by atoms with Gasteiger partial charge in [-0.3, -0.25) is 4.98 Å². The van der Waals surface area contributed by atoms with E-state index in [1.54, 1.807) is 18.3 Å². The number of nitrogens with one attached hydrogen (secondary N) is 1. The Kier molecular flexibility index (Phi) is 3.93. The summed E-state index contributed by atoms with van der Waals surface area (Å²) in [5.41, 5.74) is 0.480. The first-order chi connectivity index (χ1) is 8.67. The van der Waals surface area contributed by atoms with E-state index in [9.17, 15) is 9.90 Å². The molecule has 0 spiro atoms. The lowest BCUT2D eigenvalue weighted by atomic mass is 9.98. The molecule has 0 aliphatic heterocycles. The van der Waals surface area contributed by atoms with Crippen LogP contribution >= 0.6 is 0 Å². The third-order valence-electron chi connectivity index (χ3n) is 3.61. The van der Waals surface area contributed by atoms with Crippen LogP contribution in [0.25, 0.3) is 0 Å². The number of hydrogen-bond acceptors (Lipinski definition) is 4. The third-order valence-corrected chi connectivity index (χ3v) is 3.61. The summed E-state index contributed by atoms with van der Waals surface area (Å²) >= 11 is 0. The van der Waals surface area contributed by atoms with Gasteiger partial charge in [-0.2, -0.15) is 0 Å². The van der Waals surface area contributed by atoms with Crippen molar-refractivity contribution in [3.8, 4) is 0 Å². The molecule has 1 fully saturated rings. The van der Waals surface area contributed by atoms with Gasteiger partial charge < -0.3 is 15.5 Å². The highest BCUT2D eigenvalue weighted by molar-refractivity contribution is 5.88. The Hall–Kier alpha value is -1.46. The molecule has 98 valence electrons. The molecular formula is C13H18N2O3. The smallest absolute Gasteiger partial charge is 0.337 e. The standard InChI is InChI=1S/C13H18N2O3/c16-9-13(5-1-2-6-13)15-8-11-10(12(17)18)4-3-7-14-11/h3-4,7,15-16H,1-2,5-6,8-9H2,(H,17,18). The Morgan fingerprint density at radius 3 is 2.78 bits per heavy atom. The lowest BCUT2D eigenvalue weighted by Crippen LogP contribution is -2.45. The van der Waals surface area contributed by atoms with Gasteiger partial charge >= 0.3 is 5.97 Å². The number of aliphatic hydroxyl groups is 1. The number of aromatic nitrogens is 1. The monoisotopic (exact) mass is 250 g/mol. The van der Waals surface area contributed by atoms with Crippen LogP contribution in [0.5, 0.6) is 0 Å². The predicted octanol–water partition coefficient (Wildman–Crippen LogP) is 1.17. The Labute approximate surface area is 106 Å². The van der Waals surface area contributed by atoms with Crippen molar-refractivity contribution < 1.29 is 15.0 Å². The van der Waals surface area contributed by atoms with E-state index in [0.29, 0.717) is 12.2 Å². The van der Waals surface area contributed by atoms with Crippen molar-refractivity contribution in [3.63, 3.8) is 0 Å². The molecule has 0 unspecified atom stereocenters. The van der Waals surface area contributed by atoms with Gasteiger partial charge in [-0.1, -0.05) is 12.8 Å². The first-order valence-corrected chi connectivity index (χ1v) is 6.20. The van der Waals surface area contributed by atoms with Crippen molar-refractivity contribution in [1.29, 1.82) is 0 Å². The van der Waals surface area contributed by atoms with Gasteiger partial charge in [-0.25, -0.2) is 4.79 Å². The van der Waals surface area contributed by atoms with E-state index in [-0.39, 0.29) is 17.7 Å². The molecule has 1 heterocycles. The minimum atomic E-state index is -0.968. The summed E-state index contributed by atoms with van der Waals surface area (Å²) in [4.78, 5) is 15.2. The number of hydrogen-bond donors (Lipinski definition) is 3. The molecule has 5 nitrogen and oxygen atoms in total. The topological polar surface area (TPSA) is 82.5 Å². The van der Waals surface area contributed by atoms with E-state index < -0.39 is 5.97 Å². The Balaban J connectivity index is 2.08. The van der Waals surface area contributed by atoms with Gasteiger partial charge in [0.15, 0.2) is 0 Å². The molecule has 1 saturated carbocycles. The summed E-state index contributed by atoms with van der Waals surface area (Å²) in [6.45, 7) is 0.464. The van der Waals surface area contributed by atoms with Crippen molar-refractivity contribution in [2.75, 3.05) is 6.61 Å². The van der Waals surface area contributed by atoms with Crippen molar-refractivity contribution in [3.05, 3.63) is 29.6 Å². The van der Waals surface area contributed by atoms with E-state index >= 15 is 0 Å². The second kappa shape index (κ2) is 5.46. The summed E-state index contributed by atoms with van der Waals surface area (Å²) in [5.74, 6) is -0.968. The average Bonchev–Trinajstić information content (AvgIpc) is 2.86. The average molecular weight is 250 g/mol. The van der Waals surface area contributed by atoms with E-state index in [2.05, 4.69) is 10.3 Å². The van der Waals surface area contributed by atoms with Crippen LogP contribution in [0.3, 0.4) is 0 Å². The first-order valence-electron chi connectivity index (χ1n) is 6.20. The zero-order valence-electron chi connectivity index (χ0n) is 10.2. The van der Waals surface area contributed by atoms with Gasteiger partial charge in [-0.15, -0.1) is 0 Å². The minimum absolute atomic E-state index is 0.0856. The maximum atomic E-state index is 11.1. The first kappa shape index (κ1) is 13.0. The summed E-state index contributed by atoms with van der Waals surface area (Å²) < 4.78 is 0. The maximum Gasteiger partial charge on any atom is 0.337 e. The molecule has 0 amide bonds. The SMILES string of the molecule is O=C(O)c1cccnc1CNC1(CO)CCCC1. The normalized spacial score (nSPS) is 17.8. The molecule has 1 aliphatic rings. The molecule has 2 rings (SSSR count). The van der Waals surface area contributed by atoms with Gasteiger partial charge in [0, 0.05) is 18.3 Å². The molecule has 1 aromatic rings. The molecule has 1 aliphatic carbocycles. The quantitative estimate of drug-likeness (QED) is 0.731. The molecule has 3 N–H and O–H groups in total. The van der Waals surface area contributed by atoms with E-state index in [1.165, 1.54) is 0 Å². The number of carboxylic acids is 1. The molecule has 0 bridgehead atoms. The molecule has 5 heteroatoms. The zero-order chi connectivity index (χ0) is 13.0. The highest BCUT2D eigenvalue weighted by Gasteiger charge is 2.32. The van der Waals surface area contributed by atoms with E-state index in [1.807, 2.05) is 0 Å². The summed E-state index contributed by atoms with van der Waals surface area (Å²) in [7, 11) is 0. The fourth-order valence-electron chi connectivity index (χ4n) is 2.49. The number of rotatable bonds is 5. The fourth-order valence-corrected chi connectivity index (χ4v) is 2.49. The third kappa shape index (κ3) is 2.68. The largest absolute Gasteiger partial charge is 0.478 e. The summed E-state index contributed by atoms with van der Waals surface area (Å²) in [6, 6.07) is 3.16. The lowest BCUT2D eigenvalue weighted by Gasteiger charge is -2.28. The zero-order valence-corrected chi connectivity index (χ0v) is 10.2. The van der Waals surface area contributed by atoms with Gasteiger partial charge in [0.1, 0.15) is 0 Å². The van der Waals surface area contributed by atoms with Gasteiger partial charge in [0.05, 0.1) is 17.9 Å². The van der Waals surface area contributed by atoms with Crippen molar-refractivity contribution >= 4 is 5.97 Å². The lowest BCUT2D eigenvalue weighted by molar-refractivity contribution is 0.0694. The van der Waals surface area contributed by atoms with Crippen molar-refractivity contribution in [2.24, 2.45) is 0 Å². The van der Waals surface area contributed by atoms with Gasteiger partial charge in [0.2, 0.25) is 0 Å². The number of carboxylic acid groups (broad SMARTS) is 1. The van der Waals surface area contributed by atoms with Crippen LogP contribution in [-0.2, 0) is 6.54 Å². The molecule has 0 atom stereocenters. The number of aliphatic hydroxyl groups excluding tert-OH is 1. The Bertz CT molecular complexity index is 428. The summed E-state index contributed by atoms with van der Waals surface area (Å²) in [5, 5.41) is 21.8. The number of pyridine rings is 1. The second-order valence-corrected chi connectivity index (χ2v) is 4.80. The molecule has 18 heavy (non-hydrogen) atoms. The molecule has 0 saturated heterocycles. The van der Waals surface area contributed by atoms with Crippen molar-refractivity contribution in [1.82, 2.24) is 10.3 Å². The van der Waals surface area contributed by atoms with Crippen LogP contribution < -0.4 is 5.32 Å². The van der Waals surface area contributed by atoms with Crippen LogP contribution in [0, 0.1) is 0 Å². The second-order valence-electron chi connectivity index (χ2n) is 4.80. The highest BCUT2D eigenvalue weighted by Crippen LogP contribution is 2.29. The minimum Gasteiger partial charge on any atom is -0.478 e. The number of carbonyl (C=O) groups is 1. The maximum absolute atomic E-state index is 11.1. The Morgan fingerprint density at radius 1 is 1.44 bits per heavy atom. The van der Waals surface area contributed by atoms with Crippen molar-refractivity contribution in [2.45, 2.75) is 37.8 Å².